The molecule has 0 saturated heterocycles. The van der Waals surface area contributed by atoms with Gasteiger partial charge >= 0.3 is 0 Å². The van der Waals surface area contributed by atoms with Crippen LogP contribution >= 0.6 is 34.8 Å². The van der Waals surface area contributed by atoms with E-state index in [-0.39, 0.29) is 6.61 Å². The Hall–Kier alpha value is -1.13. The molecular weight excluding hydrogens is 345 g/mol. The van der Waals surface area contributed by atoms with E-state index in [0.29, 0.717) is 33.1 Å². The lowest BCUT2D eigenvalue weighted by molar-refractivity contribution is 0.284. The van der Waals surface area contributed by atoms with E-state index in [1.165, 1.54) is 0 Å². The van der Waals surface area contributed by atoms with Crippen molar-refractivity contribution in [1.82, 2.24) is 5.32 Å². The Kier molecular flexibility index (Phi) is 6.21. The van der Waals surface area contributed by atoms with Gasteiger partial charge in [-0.1, -0.05) is 40.9 Å². The van der Waals surface area contributed by atoms with Crippen LogP contribution in [0.25, 0.3) is 0 Å². The molecule has 0 bridgehead atoms. The zero-order chi connectivity index (χ0) is 16.1. The van der Waals surface area contributed by atoms with Crippen LogP contribution in [0.5, 0.6) is 11.5 Å². The van der Waals surface area contributed by atoms with Gasteiger partial charge in [0.2, 0.25) is 0 Å². The summed E-state index contributed by atoms with van der Waals surface area (Å²) >= 11 is 18.3. The van der Waals surface area contributed by atoms with Crippen LogP contribution in [-0.4, -0.2) is 14.2 Å². The van der Waals surface area contributed by atoms with E-state index in [1.807, 2.05) is 25.2 Å². The summed E-state index contributed by atoms with van der Waals surface area (Å²) in [6, 6.07) is 9.00. The molecule has 0 radical (unpaired) electrons. The zero-order valence-electron chi connectivity index (χ0n) is 12.3. The van der Waals surface area contributed by atoms with Gasteiger partial charge in [-0.25, -0.2) is 0 Å². The maximum absolute atomic E-state index is 6.29. The van der Waals surface area contributed by atoms with Crippen LogP contribution in [0.4, 0.5) is 0 Å². The van der Waals surface area contributed by atoms with Crippen molar-refractivity contribution in [2.75, 3.05) is 14.2 Å². The molecule has 0 unspecified atom stereocenters. The Morgan fingerprint density at radius 1 is 1.05 bits per heavy atom. The highest BCUT2D eigenvalue weighted by Crippen LogP contribution is 2.37. The van der Waals surface area contributed by atoms with E-state index in [1.54, 1.807) is 19.2 Å². The minimum absolute atomic E-state index is 0.275. The van der Waals surface area contributed by atoms with Crippen LogP contribution in [0, 0.1) is 0 Å². The van der Waals surface area contributed by atoms with Gasteiger partial charge in [0.25, 0.3) is 0 Å². The molecule has 0 heterocycles. The number of benzene rings is 2. The molecular formula is C16H16Cl3NO2. The van der Waals surface area contributed by atoms with Crippen LogP contribution < -0.4 is 14.8 Å². The minimum Gasteiger partial charge on any atom is -0.493 e. The van der Waals surface area contributed by atoms with Crippen LogP contribution in [0.1, 0.15) is 11.1 Å². The van der Waals surface area contributed by atoms with E-state index < -0.39 is 0 Å². The monoisotopic (exact) mass is 359 g/mol. The lowest BCUT2D eigenvalue weighted by Gasteiger charge is -2.15. The lowest BCUT2D eigenvalue weighted by Crippen LogP contribution is -2.06. The fourth-order valence-electron chi connectivity index (χ4n) is 2.01. The van der Waals surface area contributed by atoms with Gasteiger partial charge in [-0.3, -0.25) is 0 Å². The van der Waals surface area contributed by atoms with Crippen molar-refractivity contribution >= 4 is 34.8 Å². The average molecular weight is 361 g/mol. The quantitative estimate of drug-likeness (QED) is 0.790. The first-order chi connectivity index (χ1) is 10.5. The smallest absolute Gasteiger partial charge is 0.180 e. The number of halogens is 3. The molecule has 3 nitrogen and oxygen atoms in total. The second-order valence-electron chi connectivity index (χ2n) is 4.66. The molecule has 118 valence electrons. The normalized spacial score (nSPS) is 10.6. The third-order valence-corrected chi connectivity index (χ3v) is 3.92. The molecule has 0 saturated carbocycles. The maximum Gasteiger partial charge on any atom is 0.180 e. The molecule has 0 aromatic heterocycles. The summed E-state index contributed by atoms with van der Waals surface area (Å²) < 4.78 is 11.2. The second-order valence-corrected chi connectivity index (χ2v) is 5.91. The Bertz CT molecular complexity index is 662. The largest absolute Gasteiger partial charge is 0.493 e. The van der Waals surface area contributed by atoms with Gasteiger partial charge in [0, 0.05) is 22.2 Å². The van der Waals surface area contributed by atoms with Gasteiger partial charge in [-0.15, -0.1) is 0 Å². The number of methoxy groups -OCH3 is 1. The van der Waals surface area contributed by atoms with Crippen molar-refractivity contribution in [2.24, 2.45) is 0 Å². The van der Waals surface area contributed by atoms with Crippen molar-refractivity contribution in [3.05, 3.63) is 56.5 Å². The molecule has 0 aliphatic carbocycles. The van der Waals surface area contributed by atoms with Crippen molar-refractivity contribution in [1.29, 1.82) is 0 Å². The molecule has 22 heavy (non-hydrogen) atoms. The van der Waals surface area contributed by atoms with Crippen molar-refractivity contribution < 1.29 is 9.47 Å². The fourth-order valence-corrected chi connectivity index (χ4v) is 2.76. The molecule has 0 spiro atoms. The second kappa shape index (κ2) is 7.93. The van der Waals surface area contributed by atoms with Crippen molar-refractivity contribution in [3.63, 3.8) is 0 Å². The van der Waals surface area contributed by atoms with Crippen molar-refractivity contribution in [3.8, 4) is 11.5 Å². The van der Waals surface area contributed by atoms with Gasteiger partial charge in [0.15, 0.2) is 11.5 Å². The number of hydrogen-bond donors (Lipinski definition) is 1. The molecule has 2 rings (SSSR count). The third-order valence-electron chi connectivity index (χ3n) is 3.06. The minimum atomic E-state index is 0.275. The molecule has 0 atom stereocenters. The SMILES string of the molecule is CNCc1cc(Cl)c(OCc2ccc(Cl)cc2Cl)c(OC)c1. The van der Waals surface area contributed by atoms with Crippen LogP contribution in [0.2, 0.25) is 15.1 Å². The van der Waals surface area contributed by atoms with Gasteiger partial charge in [-0.05, 0) is 36.9 Å². The summed E-state index contributed by atoms with van der Waals surface area (Å²) in [6.45, 7) is 0.969. The fraction of sp³-hybridized carbons (Fsp3) is 0.250. The maximum atomic E-state index is 6.29. The average Bonchev–Trinajstić information content (AvgIpc) is 2.47. The number of nitrogens with one attached hydrogen (secondary N) is 1. The topological polar surface area (TPSA) is 30.5 Å². The summed E-state index contributed by atoms with van der Waals surface area (Å²) in [5.74, 6) is 1.08. The van der Waals surface area contributed by atoms with Crippen LogP contribution in [0.3, 0.4) is 0 Å². The molecule has 6 heteroatoms. The van der Waals surface area contributed by atoms with E-state index in [2.05, 4.69) is 5.32 Å². The summed E-state index contributed by atoms with van der Waals surface area (Å²) in [7, 11) is 3.45. The van der Waals surface area contributed by atoms with Gasteiger partial charge in [0.05, 0.1) is 12.1 Å². The summed E-state index contributed by atoms with van der Waals surface area (Å²) in [5.41, 5.74) is 1.84. The molecule has 1 N–H and O–H groups in total. The van der Waals surface area contributed by atoms with Crippen LogP contribution in [-0.2, 0) is 13.2 Å². The van der Waals surface area contributed by atoms with Crippen molar-refractivity contribution in [2.45, 2.75) is 13.2 Å². The molecule has 0 aliphatic rings. The van der Waals surface area contributed by atoms with Crippen LogP contribution in [0.15, 0.2) is 30.3 Å². The molecule has 0 fully saturated rings. The Balaban J connectivity index is 2.21. The molecule has 0 amide bonds. The summed E-state index contributed by atoms with van der Waals surface area (Å²) in [6.07, 6.45) is 0. The highest BCUT2D eigenvalue weighted by molar-refractivity contribution is 6.35. The Morgan fingerprint density at radius 3 is 2.45 bits per heavy atom. The first-order valence-corrected chi connectivity index (χ1v) is 7.76. The van der Waals surface area contributed by atoms with Gasteiger partial charge in [-0.2, -0.15) is 0 Å². The molecule has 2 aromatic carbocycles. The molecule has 0 aliphatic heterocycles. The lowest BCUT2D eigenvalue weighted by atomic mass is 10.2. The predicted octanol–water partition coefficient (Wildman–Crippen LogP) is 4.95. The van der Waals surface area contributed by atoms with Gasteiger partial charge in [0.1, 0.15) is 6.61 Å². The Labute approximate surface area is 145 Å². The summed E-state index contributed by atoms with van der Waals surface area (Å²) in [4.78, 5) is 0. The highest BCUT2D eigenvalue weighted by Gasteiger charge is 2.13. The standard InChI is InChI=1S/C16H16Cl3NO2/c1-20-8-10-5-14(19)16(15(6-10)21-2)22-9-11-3-4-12(17)7-13(11)18/h3-7,20H,8-9H2,1-2H3. The van der Waals surface area contributed by atoms with E-state index in [9.17, 15) is 0 Å². The Morgan fingerprint density at radius 2 is 1.82 bits per heavy atom. The van der Waals surface area contributed by atoms with E-state index in [4.69, 9.17) is 44.3 Å². The highest BCUT2D eigenvalue weighted by atomic mass is 35.5. The first-order valence-electron chi connectivity index (χ1n) is 6.63. The summed E-state index contributed by atoms with van der Waals surface area (Å²) in [5, 5.41) is 4.70. The zero-order valence-corrected chi connectivity index (χ0v) is 14.5. The number of hydrogen-bond acceptors (Lipinski definition) is 3. The molecule has 2 aromatic rings. The predicted molar refractivity (Wildman–Crippen MR) is 91.6 cm³/mol. The van der Waals surface area contributed by atoms with E-state index >= 15 is 0 Å². The van der Waals surface area contributed by atoms with E-state index in [0.717, 1.165) is 11.1 Å². The number of rotatable bonds is 6. The van der Waals surface area contributed by atoms with Gasteiger partial charge < -0.3 is 14.8 Å². The number of ether oxygens (including phenoxy) is 2. The third kappa shape index (κ3) is 4.20. The first kappa shape index (κ1) is 17.2.